The summed E-state index contributed by atoms with van der Waals surface area (Å²) in [6.07, 6.45) is 0. The summed E-state index contributed by atoms with van der Waals surface area (Å²) in [5.41, 5.74) is 0.114. The van der Waals surface area contributed by atoms with E-state index >= 15 is 0 Å². The van der Waals surface area contributed by atoms with Crippen LogP contribution in [0.25, 0.3) is 0 Å². The fraction of sp³-hybridized carbons (Fsp3) is 0.385. The average Bonchev–Trinajstić information content (AvgIpc) is 2.46. The summed E-state index contributed by atoms with van der Waals surface area (Å²) in [5.74, 6) is -1.05. The Kier molecular flexibility index (Phi) is 6.70. The number of hydrogen-bond acceptors (Lipinski definition) is 5. The lowest BCUT2D eigenvalue weighted by Gasteiger charge is -2.09. The van der Waals surface area contributed by atoms with E-state index in [1.54, 1.807) is 12.1 Å². The minimum Gasteiger partial charge on any atom is -0.481 e. The molecule has 0 fully saturated rings. The van der Waals surface area contributed by atoms with Gasteiger partial charge in [-0.25, -0.2) is 8.42 Å². The average molecular weight is 331 g/mol. The van der Waals surface area contributed by atoms with Crippen LogP contribution in [0.1, 0.15) is 17.3 Å². The van der Waals surface area contributed by atoms with E-state index in [9.17, 15) is 18.0 Å². The van der Waals surface area contributed by atoms with E-state index in [-0.39, 0.29) is 28.5 Å². The first kappa shape index (κ1) is 17.5. The predicted octanol–water partition coefficient (Wildman–Crippen LogP) is 1.03. The molecule has 116 valence electrons. The van der Waals surface area contributed by atoms with E-state index in [1.165, 1.54) is 30.8 Å². The summed E-state index contributed by atoms with van der Waals surface area (Å²) < 4.78 is 23.9. The summed E-state index contributed by atoms with van der Waals surface area (Å²) in [6.45, 7) is 1.80. The summed E-state index contributed by atoms with van der Waals surface area (Å²) in [5, 5.41) is 11.1. The highest BCUT2D eigenvalue weighted by molar-refractivity contribution is 7.99. The molecule has 1 aromatic rings. The van der Waals surface area contributed by atoms with Crippen molar-refractivity contribution in [2.24, 2.45) is 0 Å². The Hall–Kier alpha value is -1.54. The number of sulfone groups is 1. The quantitative estimate of drug-likeness (QED) is 0.690. The lowest BCUT2D eigenvalue weighted by Crippen LogP contribution is -2.27. The highest BCUT2D eigenvalue weighted by atomic mass is 32.2. The van der Waals surface area contributed by atoms with Gasteiger partial charge in [0.2, 0.25) is 0 Å². The van der Waals surface area contributed by atoms with Gasteiger partial charge in [-0.3, -0.25) is 9.59 Å². The van der Waals surface area contributed by atoms with Crippen LogP contribution in [0.4, 0.5) is 0 Å². The zero-order chi connectivity index (χ0) is 15.9. The minimum absolute atomic E-state index is 0.0168. The van der Waals surface area contributed by atoms with Crippen LogP contribution in [-0.4, -0.2) is 49.2 Å². The van der Waals surface area contributed by atoms with Gasteiger partial charge in [-0.15, -0.1) is 11.8 Å². The van der Waals surface area contributed by atoms with Gasteiger partial charge in [-0.2, -0.15) is 0 Å². The van der Waals surface area contributed by atoms with Crippen molar-refractivity contribution in [3.8, 4) is 0 Å². The smallest absolute Gasteiger partial charge is 0.313 e. The van der Waals surface area contributed by atoms with Crippen LogP contribution >= 0.6 is 11.8 Å². The van der Waals surface area contributed by atoms with Crippen molar-refractivity contribution >= 4 is 33.5 Å². The fourth-order valence-corrected chi connectivity index (χ4v) is 3.23. The molecule has 0 aliphatic rings. The van der Waals surface area contributed by atoms with E-state index in [2.05, 4.69) is 5.32 Å². The Morgan fingerprint density at radius 3 is 2.57 bits per heavy atom. The number of carboxylic acid groups (broad SMARTS) is 1. The number of nitrogens with one attached hydrogen (secondary N) is 1. The molecule has 8 heteroatoms. The molecular formula is C13H17NO5S2. The normalized spacial score (nSPS) is 11.1. The third-order valence-electron chi connectivity index (χ3n) is 2.60. The molecule has 0 aromatic heterocycles. The maximum atomic E-state index is 12.0. The maximum Gasteiger partial charge on any atom is 0.313 e. The van der Waals surface area contributed by atoms with Gasteiger partial charge < -0.3 is 10.4 Å². The van der Waals surface area contributed by atoms with Crippen LogP contribution in [0.15, 0.2) is 29.2 Å². The van der Waals surface area contributed by atoms with Crippen LogP contribution in [0.2, 0.25) is 0 Å². The van der Waals surface area contributed by atoms with Gasteiger partial charge in [0.15, 0.2) is 9.84 Å². The van der Waals surface area contributed by atoms with Crippen molar-refractivity contribution < 1.29 is 23.1 Å². The molecule has 1 aromatic carbocycles. The fourth-order valence-electron chi connectivity index (χ4n) is 1.57. The molecule has 0 saturated carbocycles. The van der Waals surface area contributed by atoms with Crippen molar-refractivity contribution in [1.29, 1.82) is 0 Å². The second kappa shape index (κ2) is 8.04. The number of rotatable bonds is 8. The van der Waals surface area contributed by atoms with Crippen molar-refractivity contribution in [3.63, 3.8) is 0 Å². The molecule has 1 rings (SSSR count). The highest BCUT2D eigenvalue weighted by Gasteiger charge is 2.20. The zero-order valence-corrected chi connectivity index (χ0v) is 13.2. The largest absolute Gasteiger partial charge is 0.481 e. The molecule has 0 aliphatic heterocycles. The Morgan fingerprint density at radius 1 is 1.29 bits per heavy atom. The SMILES string of the molecule is CCS(=O)(=O)c1ccccc1C(=O)NCCSCC(=O)O. The second-order valence-electron chi connectivity index (χ2n) is 4.10. The summed E-state index contributed by atoms with van der Waals surface area (Å²) in [4.78, 5) is 22.4. The van der Waals surface area contributed by atoms with Gasteiger partial charge in [0.05, 0.1) is 22.0 Å². The van der Waals surface area contributed by atoms with Gasteiger partial charge in [0.1, 0.15) is 0 Å². The van der Waals surface area contributed by atoms with E-state index in [4.69, 9.17) is 5.11 Å². The van der Waals surface area contributed by atoms with Crippen molar-refractivity contribution in [3.05, 3.63) is 29.8 Å². The maximum absolute atomic E-state index is 12.0. The van der Waals surface area contributed by atoms with Gasteiger partial charge in [0, 0.05) is 12.3 Å². The monoisotopic (exact) mass is 331 g/mol. The van der Waals surface area contributed by atoms with Crippen molar-refractivity contribution in [2.75, 3.05) is 23.8 Å². The molecule has 0 saturated heterocycles. The number of carbonyl (C=O) groups excluding carboxylic acids is 1. The Balaban J connectivity index is 2.69. The highest BCUT2D eigenvalue weighted by Crippen LogP contribution is 2.16. The van der Waals surface area contributed by atoms with Gasteiger partial charge in [-0.05, 0) is 12.1 Å². The van der Waals surface area contributed by atoms with Crippen LogP contribution in [0.5, 0.6) is 0 Å². The number of amides is 1. The molecule has 0 atom stereocenters. The van der Waals surface area contributed by atoms with E-state index in [1.807, 2.05) is 0 Å². The first-order valence-corrected chi connectivity index (χ1v) is 9.08. The van der Waals surface area contributed by atoms with E-state index < -0.39 is 21.7 Å². The van der Waals surface area contributed by atoms with Crippen molar-refractivity contribution in [2.45, 2.75) is 11.8 Å². The Labute approximate surface area is 127 Å². The van der Waals surface area contributed by atoms with Crippen LogP contribution in [0, 0.1) is 0 Å². The zero-order valence-electron chi connectivity index (χ0n) is 11.5. The molecule has 0 radical (unpaired) electrons. The molecule has 0 aliphatic carbocycles. The molecule has 21 heavy (non-hydrogen) atoms. The predicted molar refractivity (Wildman–Crippen MR) is 81.5 cm³/mol. The molecule has 0 bridgehead atoms. The topological polar surface area (TPSA) is 101 Å². The molecule has 0 spiro atoms. The number of carbonyl (C=O) groups is 2. The summed E-state index contributed by atoms with van der Waals surface area (Å²) in [7, 11) is -3.46. The third kappa shape index (κ3) is 5.39. The van der Waals surface area contributed by atoms with Crippen LogP contribution < -0.4 is 5.32 Å². The van der Waals surface area contributed by atoms with Gasteiger partial charge in [-0.1, -0.05) is 19.1 Å². The molecule has 1 amide bonds. The lowest BCUT2D eigenvalue weighted by atomic mass is 10.2. The van der Waals surface area contributed by atoms with Gasteiger partial charge in [0.25, 0.3) is 5.91 Å². The van der Waals surface area contributed by atoms with E-state index in [0.717, 1.165) is 0 Å². The number of thioether (sulfide) groups is 1. The molecule has 0 unspecified atom stereocenters. The number of benzene rings is 1. The van der Waals surface area contributed by atoms with Crippen LogP contribution in [-0.2, 0) is 14.6 Å². The van der Waals surface area contributed by atoms with Gasteiger partial charge >= 0.3 is 5.97 Å². The lowest BCUT2D eigenvalue weighted by molar-refractivity contribution is -0.133. The summed E-state index contributed by atoms with van der Waals surface area (Å²) >= 11 is 1.18. The molecule has 0 heterocycles. The Bertz CT molecular complexity index is 613. The van der Waals surface area contributed by atoms with Crippen molar-refractivity contribution in [1.82, 2.24) is 5.32 Å². The molecule has 6 nitrogen and oxygen atoms in total. The first-order valence-electron chi connectivity index (χ1n) is 6.28. The molecule has 2 N–H and O–H groups in total. The third-order valence-corrected chi connectivity index (χ3v) is 5.33. The van der Waals surface area contributed by atoms with Crippen LogP contribution in [0.3, 0.4) is 0 Å². The standard InChI is InChI=1S/C13H17NO5S2/c1-2-21(18,19)11-6-4-3-5-10(11)13(17)14-7-8-20-9-12(15)16/h3-6H,2,7-9H2,1H3,(H,14,17)(H,15,16). The Morgan fingerprint density at radius 2 is 1.95 bits per heavy atom. The first-order chi connectivity index (χ1) is 9.88. The molecular weight excluding hydrogens is 314 g/mol. The summed E-state index contributed by atoms with van der Waals surface area (Å²) in [6, 6.07) is 6.04. The second-order valence-corrected chi connectivity index (χ2v) is 7.45. The number of hydrogen-bond donors (Lipinski definition) is 2. The van der Waals surface area contributed by atoms with E-state index in [0.29, 0.717) is 5.75 Å². The number of aliphatic carboxylic acids is 1. The number of carboxylic acids is 1. The minimum atomic E-state index is -3.46.